The van der Waals surface area contributed by atoms with Crippen molar-refractivity contribution in [3.05, 3.63) is 66.9 Å². The van der Waals surface area contributed by atoms with Crippen LogP contribution in [0.3, 0.4) is 0 Å². The Morgan fingerprint density at radius 3 is 2.25 bits per heavy atom. The highest BCUT2D eigenvalue weighted by Crippen LogP contribution is 2.27. The second kappa shape index (κ2) is 6.43. The highest BCUT2D eigenvalue weighted by atomic mass is 16.5. The molecule has 0 aromatic heterocycles. The van der Waals surface area contributed by atoms with Crippen molar-refractivity contribution >= 4 is 11.6 Å². The normalized spacial score (nSPS) is 9.65. The highest BCUT2D eigenvalue weighted by Gasteiger charge is 2.12. The second-order valence-corrected chi connectivity index (χ2v) is 4.00. The Bertz CT molecular complexity index is 608. The molecule has 0 heterocycles. The van der Waals surface area contributed by atoms with Gasteiger partial charge < -0.3 is 14.8 Å². The predicted octanol–water partition coefficient (Wildman–Crippen LogP) is 3.23. The number of carbonyl (C=O) groups is 1. The molecule has 0 radical (unpaired) electrons. The van der Waals surface area contributed by atoms with Gasteiger partial charge >= 0.3 is 0 Å². The Morgan fingerprint density at radius 2 is 1.60 bits per heavy atom. The summed E-state index contributed by atoms with van der Waals surface area (Å²) in [4.78, 5) is 11.9. The van der Waals surface area contributed by atoms with Crippen LogP contribution in [0.1, 0.15) is 0 Å². The number of ether oxygens (including phenoxy) is 2. The molecule has 0 unspecified atom stereocenters. The van der Waals surface area contributed by atoms with Gasteiger partial charge in [0.2, 0.25) is 0 Å². The number of methoxy groups -OCH3 is 1. The van der Waals surface area contributed by atoms with Crippen LogP contribution < -0.4 is 14.8 Å². The summed E-state index contributed by atoms with van der Waals surface area (Å²) in [5, 5.41) is 2.70. The molecule has 2 aromatic carbocycles. The third-order valence-electron chi connectivity index (χ3n) is 2.59. The molecule has 102 valence electrons. The van der Waals surface area contributed by atoms with Crippen molar-refractivity contribution in [3.63, 3.8) is 0 Å². The first kappa shape index (κ1) is 13.7. The van der Waals surface area contributed by atoms with Crippen LogP contribution in [0.2, 0.25) is 0 Å². The van der Waals surface area contributed by atoms with Crippen molar-refractivity contribution in [2.45, 2.75) is 0 Å². The lowest BCUT2D eigenvalue weighted by atomic mass is 10.3. The third-order valence-corrected chi connectivity index (χ3v) is 2.59. The lowest BCUT2D eigenvalue weighted by Gasteiger charge is -2.11. The quantitative estimate of drug-likeness (QED) is 0.669. The SMILES string of the molecule is C=C(Oc1ccccc1OC)C(=O)Nc1ccccc1. The summed E-state index contributed by atoms with van der Waals surface area (Å²) in [6.45, 7) is 3.63. The first-order valence-electron chi connectivity index (χ1n) is 6.07. The molecule has 0 aliphatic rings. The van der Waals surface area contributed by atoms with Crippen LogP contribution in [0, 0.1) is 0 Å². The van der Waals surface area contributed by atoms with E-state index in [2.05, 4.69) is 11.9 Å². The molecule has 2 rings (SSSR count). The number of nitrogens with one attached hydrogen (secondary N) is 1. The van der Waals surface area contributed by atoms with E-state index in [9.17, 15) is 4.79 Å². The highest BCUT2D eigenvalue weighted by molar-refractivity contribution is 6.02. The number of hydrogen-bond donors (Lipinski definition) is 1. The molecule has 1 amide bonds. The fraction of sp³-hybridized carbons (Fsp3) is 0.0625. The fourth-order valence-electron chi connectivity index (χ4n) is 1.60. The van der Waals surface area contributed by atoms with Crippen LogP contribution in [-0.2, 0) is 4.79 Å². The van der Waals surface area contributed by atoms with Crippen molar-refractivity contribution in [1.29, 1.82) is 0 Å². The van der Waals surface area contributed by atoms with Crippen molar-refractivity contribution in [1.82, 2.24) is 0 Å². The van der Waals surface area contributed by atoms with Gasteiger partial charge in [0, 0.05) is 5.69 Å². The molecule has 20 heavy (non-hydrogen) atoms. The van der Waals surface area contributed by atoms with Crippen molar-refractivity contribution in [2.24, 2.45) is 0 Å². The van der Waals surface area contributed by atoms with Crippen LogP contribution in [0.15, 0.2) is 66.9 Å². The van der Waals surface area contributed by atoms with Gasteiger partial charge in [0.15, 0.2) is 17.3 Å². The van der Waals surface area contributed by atoms with Gasteiger partial charge in [0.05, 0.1) is 7.11 Å². The molecule has 0 saturated carbocycles. The van der Waals surface area contributed by atoms with E-state index in [1.807, 2.05) is 24.3 Å². The Hall–Kier alpha value is -2.75. The van der Waals surface area contributed by atoms with Gasteiger partial charge in [0.25, 0.3) is 5.91 Å². The minimum Gasteiger partial charge on any atom is -0.493 e. The maximum Gasteiger partial charge on any atom is 0.290 e. The molecule has 0 bridgehead atoms. The summed E-state index contributed by atoms with van der Waals surface area (Å²) in [5.74, 6) is 0.588. The van der Waals surface area contributed by atoms with Gasteiger partial charge in [-0.3, -0.25) is 4.79 Å². The number of hydrogen-bond acceptors (Lipinski definition) is 3. The standard InChI is InChI=1S/C16H15NO3/c1-12(16(18)17-13-8-4-3-5-9-13)20-15-11-7-6-10-14(15)19-2/h3-11H,1H2,2H3,(H,17,18). The van der Waals surface area contributed by atoms with E-state index < -0.39 is 5.91 Å². The number of amides is 1. The van der Waals surface area contributed by atoms with Crippen LogP contribution in [-0.4, -0.2) is 13.0 Å². The molecule has 0 saturated heterocycles. The molecule has 1 N–H and O–H groups in total. The Balaban J connectivity index is 2.03. The minimum absolute atomic E-state index is 0.00152. The van der Waals surface area contributed by atoms with Crippen molar-refractivity contribution < 1.29 is 14.3 Å². The Labute approximate surface area is 117 Å². The average Bonchev–Trinajstić information content (AvgIpc) is 2.48. The van der Waals surface area contributed by atoms with Crippen LogP contribution in [0.25, 0.3) is 0 Å². The number of para-hydroxylation sites is 3. The lowest BCUT2D eigenvalue weighted by molar-refractivity contribution is -0.114. The van der Waals surface area contributed by atoms with Crippen LogP contribution in [0.5, 0.6) is 11.5 Å². The second-order valence-electron chi connectivity index (χ2n) is 4.00. The molecule has 0 fully saturated rings. The van der Waals surface area contributed by atoms with E-state index in [-0.39, 0.29) is 5.76 Å². The first-order chi connectivity index (χ1) is 9.70. The number of anilines is 1. The lowest BCUT2D eigenvalue weighted by Crippen LogP contribution is -2.17. The molecule has 0 aliphatic heterocycles. The summed E-state index contributed by atoms with van der Waals surface area (Å²) in [5.41, 5.74) is 0.683. The zero-order valence-electron chi connectivity index (χ0n) is 11.1. The maximum absolute atomic E-state index is 11.9. The van der Waals surface area contributed by atoms with E-state index in [0.717, 1.165) is 0 Å². The maximum atomic E-state index is 11.9. The molecule has 0 aliphatic carbocycles. The van der Waals surface area contributed by atoms with E-state index in [4.69, 9.17) is 9.47 Å². The third kappa shape index (κ3) is 3.38. The zero-order chi connectivity index (χ0) is 14.4. The summed E-state index contributed by atoms with van der Waals surface area (Å²) in [6.07, 6.45) is 0. The van der Waals surface area contributed by atoms with Gasteiger partial charge in [-0.05, 0) is 24.3 Å². The van der Waals surface area contributed by atoms with Crippen molar-refractivity contribution in [3.8, 4) is 11.5 Å². The van der Waals surface area contributed by atoms with Gasteiger partial charge in [0.1, 0.15) is 0 Å². The van der Waals surface area contributed by atoms with E-state index >= 15 is 0 Å². The Kier molecular flexibility index (Phi) is 4.39. The molecule has 2 aromatic rings. The van der Waals surface area contributed by atoms with E-state index in [1.165, 1.54) is 7.11 Å². The summed E-state index contributed by atoms with van der Waals surface area (Å²) < 4.78 is 10.6. The number of rotatable bonds is 5. The van der Waals surface area contributed by atoms with Crippen LogP contribution >= 0.6 is 0 Å². The van der Waals surface area contributed by atoms with E-state index in [0.29, 0.717) is 17.2 Å². The van der Waals surface area contributed by atoms with Gasteiger partial charge in [-0.1, -0.05) is 36.9 Å². The topological polar surface area (TPSA) is 47.6 Å². The Morgan fingerprint density at radius 1 is 1.00 bits per heavy atom. The molecule has 0 atom stereocenters. The van der Waals surface area contributed by atoms with Gasteiger partial charge in [-0.15, -0.1) is 0 Å². The monoisotopic (exact) mass is 269 g/mol. The fourth-order valence-corrected chi connectivity index (χ4v) is 1.60. The molecule has 4 nitrogen and oxygen atoms in total. The van der Waals surface area contributed by atoms with E-state index in [1.54, 1.807) is 30.3 Å². The van der Waals surface area contributed by atoms with Crippen LogP contribution in [0.4, 0.5) is 5.69 Å². The predicted molar refractivity (Wildman–Crippen MR) is 77.8 cm³/mol. The molecular weight excluding hydrogens is 254 g/mol. The number of benzene rings is 2. The summed E-state index contributed by atoms with van der Waals surface area (Å²) >= 11 is 0. The summed E-state index contributed by atoms with van der Waals surface area (Å²) in [6, 6.07) is 16.2. The summed E-state index contributed by atoms with van der Waals surface area (Å²) in [7, 11) is 1.54. The molecule has 4 heteroatoms. The number of carbonyl (C=O) groups excluding carboxylic acids is 1. The smallest absolute Gasteiger partial charge is 0.290 e. The largest absolute Gasteiger partial charge is 0.493 e. The van der Waals surface area contributed by atoms with Gasteiger partial charge in [-0.25, -0.2) is 0 Å². The first-order valence-corrected chi connectivity index (χ1v) is 6.07. The van der Waals surface area contributed by atoms with Gasteiger partial charge in [-0.2, -0.15) is 0 Å². The zero-order valence-corrected chi connectivity index (χ0v) is 11.1. The molecular formula is C16H15NO3. The molecule has 0 spiro atoms. The minimum atomic E-state index is -0.401. The average molecular weight is 269 g/mol. The van der Waals surface area contributed by atoms with Crippen molar-refractivity contribution in [2.75, 3.05) is 12.4 Å².